The fourth-order valence-electron chi connectivity index (χ4n) is 4.79. The van der Waals surface area contributed by atoms with Crippen LogP contribution < -0.4 is 20.7 Å². The number of benzene rings is 2. The molecule has 0 spiro atoms. The summed E-state index contributed by atoms with van der Waals surface area (Å²) in [6.45, 7) is 0.139. The number of para-hydroxylation sites is 1. The normalized spacial score (nSPS) is 21.8. The van der Waals surface area contributed by atoms with Crippen LogP contribution in [0.4, 0.5) is 20.6 Å². The van der Waals surface area contributed by atoms with E-state index in [1.807, 2.05) is 12.1 Å². The predicted octanol–water partition coefficient (Wildman–Crippen LogP) is 3.57. The van der Waals surface area contributed by atoms with Crippen molar-refractivity contribution < 1.29 is 28.6 Å². The second kappa shape index (κ2) is 10.9. The van der Waals surface area contributed by atoms with Crippen molar-refractivity contribution in [2.24, 2.45) is 0 Å². The van der Waals surface area contributed by atoms with E-state index < -0.39 is 30.2 Å². The molecular weight excluding hydrogens is 479 g/mol. The summed E-state index contributed by atoms with van der Waals surface area (Å²) < 4.78 is 26.0. The molecule has 1 fully saturated rings. The molecule has 5 rings (SSSR count). The van der Waals surface area contributed by atoms with Crippen LogP contribution in [0.15, 0.2) is 67.0 Å². The van der Waals surface area contributed by atoms with E-state index in [9.17, 15) is 19.1 Å². The van der Waals surface area contributed by atoms with Crippen molar-refractivity contribution in [1.29, 1.82) is 0 Å². The number of carbonyl (C=O) groups is 2. The summed E-state index contributed by atoms with van der Waals surface area (Å²) in [6, 6.07) is 14.2. The molecule has 9 nitrogen and oxygen atoms in total. The first kappa shape index (κ1) is 24.7. The lowest BCUT2D eigenvalue weighted by atomic mass is 9.84. The van der Waals surface area contributed by atoms with Gasteiger partial charge in [0.2, 0.25) is 5.91 Å². The Kier molecular flexibility index (Phi) is 7.29. The third-order valence-electron chi connectivity index (χ3n) is 6.53. The number of hydrogen-bond acceptors (Lipinski definition) is 6. The lowest BCUT2D eigenvalue weighted by molar-refractivity contribution is -0.142. The lowest BCUT2D eigenvalue weighted by Crippen LogP contribution is -2.47. The Bertz CT molecular complexity index is 1270. The molecule has 10 heteroatoms. The van der Waals surface area contributed by atoms with E-state index in [1.165, 1.54) is 12.1 Å². The van der Waals surface area contributed by atoms with E-state index in [0.717, 1.165) is 11.1 Å². The highest BCUT2D eigenvalue weighted by Gasteiger charge is 2.46. The average Bonchev–Trinajstić information content (AvgIpc) is 3.27. The number of urea groups is 1. The second-order valence-electron chi connectivity index (χ2n) is 9.05. The number of aliphatic hydroxyl groups is 1. The number of nitrogens with one attached hydrogen (secondary N) is 3. The Morgan fingerprint density at radius 2 is 1.89 bits per heavy atom. The zero-order valence-electron chi connectivity index (χ0n) is 19.9. The molecule has 0 aliphatic carbocycles. The lowest BCUT2D eigenvalue weighted by Gasteiger charge is -2.37. The van der Waals surface area contributed by atoms with Gasteiger partial charge in [-0.2, -0.15) is 0 Å². The third-order valence-corrected chi connectivity index (χ3v) is 6.53. The maximum atomic E-state index is 13.9. The number of hydrogen-bond donors (Lipinski definition) is 4. The van der Waals surface area contributed by atoms with Crippen LogP contribution in [0.5, 0.6) is 5.75 Å². The highest BCUT2D eigenvalue weighted by molar-refractivity contribution is 5.99. The van der Waals surface area contributed by atoms with Gasteiger partial charge < -0.3 is 30.5 Å². The number of rotatable bonds is 7. The molecule has 192 valence electrons. The van der Waals surface area contributed by atoms with Gasteiger partial charge in [0.05, 0.1) is 24.8 Å². The Labute approximate surface area is 213 Å². The molecule has 0 unspecified atom stereocenters. The number of halogens is 1. The van der Waals surface area contributed by atoms with Crippen molar-refractivity contribution in [3.8, 4) is 5.75 Å². The SMILES string of the molecule is O=C(C[C@H]1C[C@@H]2c3cc(NC(=O)Nc4ccccc4F)ccc3O[C@@H]2[C@@H](CO)O1)NCc1ccncc1. The molecule has 4 N–H and O–H groups in total. The molecule has 0 radical (unpaired) electrons. The molecule has 3 aromatic rings. The Hall–Kier alpha value is -4.02. The van der Waals surface area contributed by atoms with Crippen molar-refractivity contribution in [2.45, 2.75) is 43.6 Å². The molecule has 1 aromatic heterocycles. The van der Waals surface area contributed by atoms with Gasteiger partial charge in [-0.05, 0) is 54.4 Å². The first-order valence-corrected chi connectivity index (χ1v) is 12.0. The summed E-state index contributed by atoms with van der Waals surface area (Å²) in [5.41, 5.74) is 2.39. The highest BCUT2D eigenvalue weighted by Crippen LogP contribution is 2.47. The summed E-state index contributed by atoms with van der Waals surface area (Å²) in [6.07, 6.45) is 2.59. The molecule has 2 aliphatic rings. The molecule has 0 bridgehead atoms. The Morgan fingerprint density at radius 3 is 2.68 bits per heavy atom. The van der Waals surface area contributed by atoms with Crippen LogP contribution >= 0.6 is 0 Å². The monoisotopic (exact) mass is 506 g/mol. The van der Waals surface area contributed by atoms with E-state index in [-0.39, 0.29) is 30.5 Å². The van der Waals surface area contributed by atoms with Crippen molar-refractivity contribution in [3.63, 3.8) is 0 Å². The minimum Gasteiger partial charge on any atom is -0.487 e. The van der Waals surface area contributed by atoms with E-state index >= 15 is 0 Å². The van der Waals surface area contributed by atoms with Crippen molar-refractivity contribution in [1.82, 2.24) is 10.3 Å². The van der Waals surface area contributed by atoms with Crippen LogP contribution in [0.3, 0.4) is 0 Å². The molecule has 4 atom stereocenters. The van der Waals surface area contributed by atoms with Crippen molar-refractivity contribution >= 4 is 23.3 Å². The maximum Gasteiger partial charge on any atom is 0.323 e. The summed E-state index contributed by atoms with van der Waals surface area (Å²) in [4.78, 5) is 29.0. The number of carbonyl (C=O) groups excluding carboxylic acids is 2. The summed E-state index contributed by atoms with van der Waals surface area (Å²) in [5, 5.41) is 18.1. The molecule has 0 saturated carbocycles. The minimum atomic E-state index is -0.593. The molecular formula is C27H27FN4O5. The number of pyridine rings is 1. The number of ether oxygens (including phenoxy) is 2. The summed E-state index contributed by atoms with van der Waals surface area (Å²) in [5.74, 6) is -0.178. The summed E-state index contributed by atoms with van der Waals surface area (Å²) in [7, 11) is 0. The van der Waals surface area contributed by atoms with Crippen LogP contribution in [0.25, 0.3) is 0 Å². The van der Waals surface area contributed by atoms with Gasteiger partial charge in [0.25, 0.3) is 0 Å². The van der Waals surface area contributed by atoms with E-state index in [0.29, 0.717) is 24.4 Å². The van der Waals surface area contributed by atoms with E-state index in [1.54, 1.807) is 42.7 Å². The van der Waals surface area contributed by atoms with Gasteiger partial charge >= 0.3 is 6.03 Å². The van der Waals surface area contributed by atoms with Crippen LogP contribution in [0, 0.1) is 5.82 Å². The van der Waals surface area contributed by atoms with Crippen LogP contribution in [-0.2, 0) is 16.1 Å². The van der Waals surface area contributed by atoms with Crippen molar-refractivity contribution in [2.75, 3.05) is 17.2 Å². The molecule has 3 amide bonds. The zero-order chi connectivity index (χ0) is 25.8. The van der Waals surface area contributed by atoms with Gasteiger partial charge in [-0.3, -0.25) is 9.78 Å². The minimum absolute atomic E-state index is 0.0739. The Balaban J connectivity index is 1.24. The first-order valence-electron chi connectivity index (χ1n) is 12.0. The van der Waals surface area contributed by atoms with Gasteiger partial charge in [0.1, 0.15) is 23.8 Å². The number of nitrogens with zero attached hydrogens (tertiary/aromatic N) is 1. The summed E-state index contributed by atoms with van der Waals surface area (Å²) >= 11 is 0. The van der Waals surface area contributed by atoms with Gasteiger partial charge in [-0.15, -0.1) is 0 Å². The van der Waals surface area contributed by atoms with Gasteiger partial charge in [0.15, 0.2) is 0 Å². The van der Waals surface area contributed by atoms with Gasteiger partial charge in [0, 0.05) is 36.1 Å². The van der Waals surface area contributed by atoms with Gasteiger partial charge in [-0.25, -0.2) is 9.18 Å². The molecule has 2 aliphatic heterocycles. The van der Waals surface area contributed by atoms with E-state index in [4.69, 9.17) is 9.47 Å². The highest BCUT2D eigenvalue weighted by atomic mass is 19.1. The number of fused-ring (bicyclic) bond motifs is 3. The smallest absolute Gasteiger partial charge is 0.323 e. The van der Waals surface area contributed by atoms with E-state index in [2.05, 4.69) is 20.9 Å². The number of amides is 3. The number of aromatic nitrogens is 1. The molecule has 3 heterocycles. The quantitative estimate of drug-likeness (QED) is 0.389. The third kappa shape index (κ3) is 5.71. The molecule has 1 saturated heterocycles. The first-order chi connectivity index (χ1) is 18.0. The zero-order valence-corrected chi connectivity index (χ0v) is 19.9. The average molecular weight is 507 g/mol. The fourth-order valence-corrected chi connectivity index (χ4v) is 4.79. The maximum absolute atomic E-state index is 13.9. The number of anilines is 2. The molecule has 2 aromatic carbocycles. The van der Waals surface area contributed by atoms with Crippen LogP contribution in [0.1, 0.15) is 29.9 Å². The largest absolute Gasteiger partial charge is 0.487 e. The van der Waals surface area contributed by atoms with Gasteiger partial charge in [-0.1, -0.05) is 12.1 Å². The standard InChI is InChI=1S/C27H27FN4O5/c28-21-3-1-2-4-22(21)32-27(35)31-17-5-6-23-19(11-17)20-12-18(36-24(15-33)26(20)37-23)13-25(34)30-14-16-7-9-29-10-8-16/h1-11,18,20,24,26,33H,12-15H2,(H,30,34)(H2,31,32,35)/t18-,20-,24-,26+/m1/s1. The van der Waals surface area contributed by atoms with Crippen molar-refractivity contribution in [3.05, 3.63) is 83.9 Å². The Morgan fingerprint density at radius 1 is 1.08 bits per heavy atom. The van der Waals surface area contributed by atoms with Crippen LogP contribution in [0.2, 0.25) is 0 Å². The topological polar surface area (TPSA) is 122 Å². The fraction of sp³-hybridized carbons (Fsp3) is 0.296. The molecule has 37 heavy (non-hydrogen) atoms. The second-order valence-corrected chi connectivity index (χ2v) is 9.05. The van der Waals surface area contributed by atoms with Crippen LogP contribution in [-0.4, -0.2) is 46.9 Å². The predicted molar refractivity (Wildman–Crippen MR) is 134 cm³/mol. The number of aliphatic hydroxyl groups excluding tert-OH is 1.